The predicted molar refractivity (Wildman–Crippen MR) is 94.6 cm³/mol. The molecule has 0 radical (unpaired) electrons. The molecule has 1 nitrogen and oxygen atoms in total. The molecule has 1 atom stereocenters. The normalized spacial score (nSPS) is 15.4. The smallest absolute Gasteiger partial charge is 0.0101 e. The first-order valence-electron chi connectivity index (χ1n) is 8.61. The molecule has 116 valence electrons. The van der Waals surface area contributed by atoms with Crippen molar-refractivity contribution in [3.05, 3.63) is 70.3 Å². The Kier molecular flexibility index (Phi) is 4.94. The summed E-state index contributed by atoms with van der Waals surface area (Å²) >= 11 is 0. The number of fused-ring (bicyclic) bond motifs is 1. The average Bonchev–Trinajstić information content (AvgIpc) is 2.56. The molecule has 1 heteroatoms. The molecular formula is C21H27N. The predicted octanol–water partition coefficient (Wildman–Crippen LogP) is 4.62. The van der Waals surface area contributed by atoms with Crippen molar-refractivity contribution in [1.29, 1.82) is 0 Å². The summed E-state index contributed by atoms with van der Waals surface area (Å²) in [6.45, 7) is 3.21. The Morgan fingerprint density at radius 2 is 1.59 bits per heavy atom. The molecule has 0 amide bonds. The van der Waals surface area contributed by atoms with E-state index < -0.39 is 0 Å². The van der Waals surface area contributed by atoms with Gasteiger partial charge >= 0.3 is 0 Å². The van der Waals surface area contributed by atoms with Gasteiger partial charge in [0.15, 0.2) is 0 Å². The van der Waals surface area contributed by atoms with Crippen LogP contribution in [0.2, 0.25) is 0 Å². The fraction of sp³-hybridized carbons (Fsp3) is 0.429. The zero-order valence-corrected chi connectivity index (χ0v) is 13.9. The van der Waals surface area contributed by atoms with Gasteiger partial charge in [0, 0.05) is 5.92 Å². The van der Waals surface area contributed by atoms with Crippen LogP contribution in [0, 0.1) is 6.92 Å². The maximum Gasteiger partial charge on any atom is 0.0101 e. The van der Waals surface area contributed by atoms with Crippen molar-refractivity contribution >= 4 is 0 Å². The minimum atomic E-state index is 0.500. The van der Waals surface area contributed by atoms with Crippen LogP contribution in [0.1, 0.15) is 53.0 Å². The summed E-state index contributed by atoms with van der Waals surface area (Å²) in [6.07, 6.45) is 6.38. The van der Waals surface area contributed by atoms with E-state index in [9.17, 15) is 0 Å². The maximum absolute atomic E-state index is 3.31. The highest BCUT2D eigenvalue weighted by atomic mass is 14.8. The largest absolute Gasteiger partial charge is 0.320 e. The lowest BCUT2D eigenvalue weighted by Crippen LogP contribution is -2.14. The van der Waals surface area contributed by atoms with Gasteiger partial charge in [-0.2, -0.15) is 0 Å². The van der Waals surface area contributed by atoms with E-state index in [1.54, 1.807) is 11.1 Å². The second kappa shape index (κ2) is 7.11. The number of aryl methyl sites for hydroxylation is 3. The van der Waals surface area contributed by atoms with E-state index in [2.05, 4.69) is 54.7 Å². The fourth-order valence-corrected chi connectivity index (χ4v) is 3.58. The zero-order chi connectivity index (χ0) is 15.4. The maximum atomic E-state index is 3.31. The summed E-state index contributed by atoms with van der Waals surface area (Å²) in [5, 5.41) is 3.31. The molecule has 2 aromatic carbocycles. The molecule has 1 aliphatic rings. The van der Waals surface area contributed by atoms with Crippen molar-refractivity contribution < 1.29 is 0 Å². The fourth-order valence-electron chi connectivity index (χ4n) is 3.58. The minimum Gasteiger partial charge on any atom is -0.320 e. The molecule has 0 saturated carbocycles. The quantitative estimate of drug-likeness (QED) is 0.848. The molecule has 3 rings (SSSR count). The molecule has 0 aromatic heterocycles. The van der Waals surface area contributed by atoms with Crippen LogP contribution in [0.4, 0.5) is 0 Å². The van der Waals surface area contributed by atoms with Crippen molar-refractivity contribution in [3.8, 4) is 0 Å². The lowest BCUT2D eigenvalue weighted by Gasteiger charge is -2.22. The van der Waals surface area contributed by atoms with Crippen molar-refractivity contribution in [1.82, 2.24) is 5.32 Å². The zero-order valence-electron chi connectivity index (χ0n) is 13.9. The van der Waals surface area contributed by atoms with Gasteiger partial charge in [0.05, 0.1) is 0 Å². The first-order chi connectivity index (χ1) is 10.8. The second-order valence-corrected chi connectivity index (χ2v) is 6.59. The van der Waals surface area contributed by atoms with Gasteiger partial charge in [0.2, 0.25) is 0 Å². The van der Waals surface area contributed by atoms with Gasteiger partial charge in [-0.15, -0.1) is 0 Å². The number of rotatable bonds is 5. The van der Waals surface area contributed by atoms with Gasteiger partial charge in [0.1, 0.15) is 0 Å². The first kappa shape index (κ1) is 15.3. The van der Waals surface area contributed by atoms with Crippen LogP contribution in [0.15, 0.2) is 42.5 Å². The number of hydrogen-bond donors (Lipinski definition) is 1. The van der Waals surface area contributed by atoms with Crippen molar-refractivity contribution in [3.63, 3.8) is 0 Å². The van der Waals surface area contributed by atoms with Gasteiger partial charge in [-0.3, -0.25) is 0 Å². The third kappa shape index (κ3) is 3.41. The molecule has 0 saturated heterocycles. The van der Waals surface area contributed by atoms with Crippen molar-refractivity contribution in [2.45, 2.75) is 44.9 Å². The topological polar surface area (TPSA) is 12.0 Å². The van der Waals surface area contributed by atoms with E-state index >= 15 is 0 Å². The summed E-state index contributed by atoms with van der Waals surface area (Å²) in [4.78, 5) is 0. The first-order valence-corrected chi connectivity index (χ1v) is 8.61. The number of benzene rings is 2. The summed E-state index contributed by atoms with van der Waals surface area (Å²) in [7, 11) is 2.04. The van der Waals surface area contributed by atoms with Gasteiger partial charge in [-0.05, 0) is 74.9 Å². The lowest BCUT2D eigenvalue weighted by atomic mass is 9.83. The van der Waals surface area contributed by atoms with E-state index in [1.165, 1.54) is 42.4 Å². The molecule has 0 aliphatic heterocycles. The van der Waals surface area contributed by atoms with Gasteiger partial charge < -0.3 is 5.32 Å². The van der Waals surface area contributed by atoms with Crippen LogP contribution in [0.3, 0.4) is 0 Å². The third-order valence-corrected chi connectivity index (χ3v) is 4.94. The van der Waals surface area contributed by atoms with Crippen LogP contribution >= 0.6 is 0 Å². The molecule has 0 fully saturated rings. The SMILES string of the molecule is CNCCC(c1ccc(C)cc1)c1ccc2c(c1)CCCC2. The molecule has 0 bridgehead atoms. The monoisotopic (exact) mass is 293 g/mol. The van der Waals surface area contributed by atoms with E-state index in [0.29, 0.717) is 5.92 Å². The molecular weight excluding hydrogens is 266 g/mol. The summed E-state index contributed by atoms with van der Waals surface area (Å²) < 4.78 is 0. The highest BCUT2D eigenvalue weighted by molar-refractivity contribution is 5.40. The molecule has 1 aliphatic carbocycles. The third-order valence-electron chi connectivity index (χ3n) is 4.94. The molecule has 1 N–H and O–H groups in total. The Morgan fingerprint density at radius 1 is 0.909 bits per heavy atom. The van der Waals surface area contributed by atoms with Gasteiger partial charge in [-0.1, -0.05) is 48.0 Å². The molecule has 0 heterocycles. The van der Waals surface area contributed by atoms with Gasteiger partial charge in [0.25, 0.3) is 0 Å². The average molecular weight is 293 g/mol. The Morgan fingerprint density at radius 3 is 2.32 bits per heavy atom. The van der Waals surface area contributed by atoms with Crippen LogP contribution in [0.25, 0.3) is 0 Å². The van der Waals surface area contributed by atoms with E-state index in [-0.39, 0.29) is 0 Å². The standard InChI is InChI=1S/C21H27N/c1-16-7-9-18(10-8-16)21(13-14-22-2)20-12-11-17-5-3-4-6-19(17)15-20/h7-12,15,21-22H,3-6,13-14H2,1-2H3. The molecule has 1 unspecified atom stereocenters. The molecule has 22 heavy (non-hydrogen) atoms. The van der Waals surface area contributed by atoms with Crippen LogP contribution in [-0.2, 0) is 12.8 Å². The summed E-state index contributed by atoms with van der Waals surface area (Å²) in [6, 6.07) is 16.3. The highest BCUT2D eigenvalue weighted by Crippen LogP contribution is 2.31. The van der Waals surface area contributed by atoms with Gasteiger partial charge in [-0.25, -0.2) is 0 Å². The second-order valence-electron chi connectivity index (χ2n) is 6.59. The molecule has 2 aromatic rings. The summed E-state index contributed by atoms with van der Waals surface area (Å²) in [5.74, 6) is 0.500. The Hall–Kier alpha value is -1.60. The summed E-state index contributed by atoms with van der Waals surface area (Å²) in [5.41, 5.74) is 7.43. The molecule has 0 spiro atoms. The van der Waals surface area contributed by atoms with E-state index in [0.717, 1.165) is 13.0 Å². The number of hydrogen-bond acceptors (Lipinski definition) is 1. The van der Waals surface area contributed by atoms with Crippen LogP contribution < -0.4 is 5.32 Å². The Bertz CT molecular complexity index is 612. The highest BCUT2D eigenvalue weighted by Gasteiger charge is 2.17. The Balaban J connectivity index is 1.92. The minimum absolute atomic E-state index is 0.500. The van der Waals surface area contributed by atoms with E-state index in [1.807, 2.05) is 7.05 Å². The van der Waals surface area contributed by atoms with Crippen LogP contribution in [0.5, 0.6) is 0 Å². The van der Waals surface area contributed by atoms with E-state index in [4.69, 9.17) is 0 Å². The number of nitrogens with one attached hydrogen (secondary N) is 1. The van der Waals surface area contributed by atoms with Crippen LogP contribution in [-0.4, -0.2) is 13.6 Å². The lowest BCUT2D eigenvalue weighted by molar-refractivity contribution is 0.653. The Labute approximate surface area is 134 Å². The van der Waals surface area contributed by atoms with Crippen molar-refractivity contribution in [2.24, 2.45) is 0 Å². The van der Waals surface area contributed by atoms with Crippen molar-refractivity contribution in [2.75, 3.05) is 13.6 Å².